The van der Waals surface area contributed by atoms with Crippen molar-refractivity contribution >= 4 is 17.5 Å². The van der Waals surface area contributed by atoms with Crippen LogP contribution >= 0.6 is 0 Å². The molecule has 1 aromatic carbocycles. The van der Waals surface area contributed by atoms with Gasteiger partial charge in [0.15, 0.2) is 5.78 Å². The van der Waals surface area contributed by atoms with Crippen LogP contribution in [-0.4, -0.2) is 18.4 Å². The first-order valence-corrected chi connectivity index (χ1v) is 5.66. The quantitative estimate of drug-likeness (QED) is 0.617. The van der Waals surface area contributed by atoms with Gasteiger partial charge < -0.3 is 10.6 Å². The standard InChI is InChI=1S/C13H15N3O2/c1-10(17)11-4-6-12(7-5-11)16-13(18)15-9-3-2-8-14/h4-7H,2-3,9H2,1H3,(H2,15,16,18). The fourth-order valence-electron chi connectivity index (χ4n) is 1.33. The number of carbonyl (C=O) groups excluding carboxylic acids is 2. The number of amides is 2. The van der Waals surface area contributed by atoms with Gasteiger partial charge in [-0.05, 0) is 37.6 Å². The van der Waals surface area contributed by atoms with Crippen molar-refractivity contribution in [2.75, 3.05) is 11.9 Å². The number of Topliss-reactive ketones (excluding diaryl/α,β-unsaturated/α-hetero) is 1. The first kappa shape index (κ1) is 13.7. The Balaban J connectivity index is 2.40. The van der Waals surface area contributed by atoms with Crippen molar-refractivity contribution in [3.63, 3.8) is 0 Å². The zero-order valence-electron chi connectivity index (χ0n) is 10.2. The van der Waals surface area contributed by atoms with Crippen molar-refractivity contribution in [2.24, 2.45) is 0 Å². The molecule has 5 heteroatoms. The summed E-state index contributed by atoms with van der Waals surface area (Å²) in [7, 11) is 0. The number of nitriles is 1. The molecule has 1 rings (SSSR count). The highest BCUT2D eigenvalue weighted by molar-refractivity contribution is 5.95. The van der Waals surface area contributed by atoms with E-state index in [-0.39, 0.29) is 11.8 Å². The maximum atomic E-state index is 11.4. The van der Waals surface area contributed by atoms with Gasteiger partial charge in [-0.15, -0.1) is 0 Å². The van der Waals surface area contributed by atoms with E-state index < -0.39 is 0 Å². The molecule has 0 heterocycles. The molecule has 1 aromatic rings. The summed E-state index contributed by atoms with van der Waals surface area (Å²) >= 11 is 0. The van der Waals surface area contributed by atoms with E-state index in [1.807, 2.05) is 6.07 Å². The number of carbonyl (C=O) groups is 2. The third kappa shape index (κ3) is 4.66. The van der Waals surface area contributed by atoms with E-state index in [4.69, 9.17) is 5.26 Å². The highest BCUT2D eigenvalue weighted by atomic mass is 16.2. The van der Waals surface area contributed by atoms with Gasteiger partial charge in [-0.1, -0.05) is 0 Å². The SMILES string of the molecule is CC(=O)c1ccc(NC(=O)NCCCC#N)cc1. The molecule has 0 unspecified atom stereocenters. The van der Waals surface area contributed by atoms with Crippen LogP contribution in [-0.2, 0) is 0 Å². The van der Waals surface area contributed by atoms with Crippen LogP contribution in [0.3, 0.4) is 0 Å². The second-order valence-electron chi connectivity index (χ2n) is 3.78. The number of benzene rings is 1. The lowest BCUT2D eigenvalue weighted by atomic mass is 10.1. The van der Waals surface area contributed by atoms with Gasteiger partial charge >= 0.3 is 6.03 Å². The number of hydrogen-bond acceptors (Lipinski definition) is 3. The van der Waals surface area contributed by atoms with Gasteiger partial charge in [0.1, 0.15) is 0 Å². The molecule has 5 nitrogen and oxygen atoms in total. The second kappa shape index (κ2) is 7.07. The Morgan fingerprint density at radius 3 is 2.50 bits per heavy atom. The summed E-state index contributed by atoms with van der Waals surface area (Å²) in [6.45, 7) is 1.95. The summed E-state index contributed by atoms with van der Waals surface area (Å²) in [5.41, 5.74) is 1.23. The predicted octanol–water partition coefficient (Wildman–Crippen LogP) is 2.31. The Labute approximate surface area is 106 Å². The Kier molecular flexibility index (Phi) is 5.39. The number of ketones is 1. The zero-order chi connectivity index (χ0) is 13.4. The molecule has 0 bridgehead atoms. The molecule has 0 fully saturated rings. The second-order valence-corrected chi connectivity index (χ2v) is 3.78. The Morgan fingerprint density at radius 1 is 1.28 bits per heavy atom. The van der Waals surface area contributed by atoms with Crippen LogP contribution in [0.25, 0.3) is 0 Å². The molecular formula is C13H15N3O2. The summed E-state index contributed by atoms with van der Waals surface area (Å²) in [5, 5.41) is 13.6. The van der Waals surface area contributed by atoms with Crippen molar-refractivity contribution in [2.45, 2.75) is 19.8 Å². The number of anilines is 1. The van der Waals surface area contributed by atoms with Gasteiger partial charge in [0, 0.05) is 24.2 Å². The molecule has 0 aromatic heterocycles. The Bertz CT molecular complexity index is 460. The van der Waals surface area contributed by atoms with Crippen molar-refractivity contribution in [1.29, 1.82) is 5.26 Å². The maximum absolute atomic E-state index is 11.4. The number of nitrogens with one attached hydrogen (secondary N) is 2. The predicted molar refractivity (Wildman–Crippen MR) is 68.3 cm³/mol. The normalized spacial score (nSPS) is 9.33. The number of urea groups is 1. The molecule has 18 heavy (non-hydrogen) atoms. The van der Waals surface area contributed by atoms with Gasteiger partial charge in [0.05, 0.1) is 6.07 Å². The minimum absolute atomic E-state index is 0.0116. The number of rotatable bonds is 5. The topological polar surface area (TPSA) is 82.0 Å². The monoisotopic (exact) mass is 245 g/mol. The van der Waals surface area contributed by atoms with Gasteiger partial charge in [-0.2, -0.15) is 5.26 Å². The average Bonchev–Trinajstić information content (AvgIpc) is 2.35. The highest BCUT2D eigenvalue weighted by Gasteiger charge is 2.02. The van der Waals surface area contributed by atoms with E-state index in [1.54, 1.807) is 24.3 Å². The average molecular weight is 245 g/mol. The van der Waals surface area contributed by atoms with Crippen molar-refractivity contribution < 1.29 is 9.59 Å². The molecule has 0 aliphatic rings. The summed E-state index contributed by atoms with van der Waals surface area (Å²) in [6.07, 6.45) is 1.06. The third-order valence-corrected chi connectivity index (χ3v) is 2.30. The Morgan fingerprint density at radius 2 is 1.94 bits per heavy atom. The lowest BCUT2D eigenvalue weighted by Gasteiger charge is -2.07. The molecule has 0 saturated heterocycles. The molecule has 0 spiro atoms. The molecule has 0 atom stereocenters. The van der Waals surface area contributed by atoms with Crippen LogP contribution in [0, 0.1) is 11.3 Å². The Hall–Kier alpha value is -2.35. The molecule has 2 amide bonds. The first-order chi connectivity index (χ1) is 8.63. The van der Waals surface area contributed by atoms with Crippen molar-refractivity contribution in [1.82, 2.24) is 5.32 Å². The van der Waals surface area contributed by atoms with Crippen LogP contribution < -0.4 is 10.6 Å². The highest BCUT2D eigenvalue weighted by Crippen LogP contribution is 2.09. The lowest BCUT2D eigenvalue weighted by molar-refractivity contribution is 0.101. The molecule has 0 radical (unpaired) electrons. The summed E-state index contributed by atoms with van der Waals surface area (Å²) in [5.74, 6) is -0.0116. The zero-order valence-corrected chi connectivity index (χ0v) is 10.2. The van der Waals surface area contributed by atoms with Crippen LogP contribution in [0.5, 0.6) is 0 Å². The van der Waals surface area contributed by atoms with E-state index in [0.717, 1.165) is 0 Å². The lowest BCUT2D eigenvalue weighted by Crippen LogP contribution is -2.29. The summed E-state index contributed by atoms with van der Waals surface area (Å²) < 4.78 is 0. The van der Waals surface area contributed by atoms with Crippen LogP contribution in [0.4, 0.5) is 10.5 Å². The van der Waals surface area contributed by atoms with E-state index in [0.29, 0.717) is 30.6 Å². The number of nitrogens with zero attached hydrogens (tertiary/aromatic N) is 1. The van der Waals surface area contributed by atoms with Gasteiger partial charge in [0.25, 0.3) is 0 Å². The van der Waals surface area contributed by atoms with Crippen molar-refractivity contribution in [3.05, 3.63) is 29.8 Å². The molecule has 94 valence electrons. The largest absolute Gasteiger partial charge is 0.338 e. The van der Waals surface area contributed by atoms with Gasteiger partial charge in [-0.3, -0.25) is 4.79 Å². The molecule has 0 aliphatic carbocycles. The molecular weight excluding hydrogens is 230 g/mol. The molecule has 0 aliphatic heterocycles. The van der Waals surface area contributed by atoms with Crippen LogP contribution in [0.2, 0.25) is 0 Å². The van der Waals surface area contributed by atoms with E-state index in [1.165, 1.54) is 6.92 Å². The van der Waals surface area contributed by atoms with E-state index in [9.17, 15) is 9.59 Å². The summed E-state index contributed by atoms with van der Waals surface area (Å²) in [6, 6.07) is 8.35. The van der Waals surface area contributed by atoms with Gasteiger partial charge in [-0.25, -0.2) is 4.79 Å². The minimum Gasteiger partial charge on any atom is -0.338 e. The van der Waals surface area contributed by atoms with Crippen molar-refractivity contribution in [3.8, 4) is 6.07 Å². The number of unbranched alkanes of at least 4 members (excludes halogenated alkanes) is 1. The summed E-state index contributed by atoms with van der Waals surface area (Å²) in [4.78, 5) is 22.5. The van der Waals surface area contributed by atoms with E-state index >= 15 is 0 Å². The smallest absolute Gasteiger partial charge is 0.319 e. The van der Waals surface area contributed by atoms with Gasteiger partial charge in [0.2, 0.25) is 0 Å². The fraction of sp³-hybridized carbons (Fsp3) is 0.308. The maximum Gasteiger partial charge on any atom is 0.319 e. The first-order valence-electron chi connectivity index (χ1n) is 5.66. The van der Waals surface area contributed by atoms with Crippen LogP contribution in [0.1, 0.15) is 30.1 Å². The van der Waals surface area contributed by atoms with E-state index in [2.05, 4.69) is 10.6 Å². The van der Waals surface area contributed by atoms with Crippen LogP contribution in [0.15, 0.2) is 24.3 Å². The fourth-order valence-corrected chi connectivity index (χ4v) is 1.33. The number of hydrogen-bond donors (Lipinski definition) is 2. The third-order valence-electron chi connectivity index (χ3n) is 2.30. The molecule has 0 saturated carbocycles. The molecule has 2 N–H and O–H groups in total. The minimum atomic E-state index is -0.316.